The first-order chi connectivity index (χ1) is 8.13. The number of rotatable bonds is 4. The molecule has 1 N–H and O–H groups in total. The molecule has 0 unspecified atom stereocenters. The maximum absolute atomic E-state index is 5.84. The SMILES string of the molecule is C=C(Cl)Cn1c(=S)[nH]c2c(OCC)cccc21. The van der Waals surface area contributed by atoms with Crippen molar-refractivity contribution in [1.82, 2.24) is 9.55 Å². The maximum atomic E-state index is 5.84. The molecule has 0 amide bonds. The molecule has 0 aliphatic rings. The van der Waals surface area contributed by atoms with E-state index in [0.29, 0.717) is 23.0 Å². The second-order valence-corrected chi connectivity index (χ2v) is 4.54. The summed E-state index contributed by atoms with van der Waals surface area (Å²) >= 11 is 11.1. The summed E-state index contributed by atoms with van der Waals surface area (Å²) in [5.74, 6) is 0.801. The van der Waals surface area contributed by atoms with Crippen molar-refractivity contribution in [1.29, 1.82) is 0 Å². The molecule has 1 aromatic carbocycles. The van der Waals surface area contributed by atoms with Crippen LogP contribution in [0.2, 0.25) is 0 Å². The number of para-hydroxylation sites is 1. The summed E-state index contributed by atoms with van der Waals surface area (Å²) in [5.41, 5.74) is 1.88. The molecule has 0 radical (unpaired) electrons. The van der Waals surface area contributed by atoms with Crippen molar-refractivity contribution in [2.75, 3.05) is 6.61 Å². The number of imidazole rings is 1. The molecule has 1 heterocycles. The number of ether oxygens (including phenoxy) is 1. The highest BCUT2D eigenvalue weighted by atomic mass is 35.5. The van der Waals surface area contributed by atoms with E-state index >= 15 is 0 Å². The van der Waals surface area contributed by atoms with Gasteiger partial charge in [0, 0.05) is 5.03 Å². The Morgan fingerprint density at radius 3 is 3.00 bits per heavy atom. The topological polar surface area (TPSA) is 29.9 Å². The number of nitrogens with zero attached hydrogens (tertiary/aromatic N) is 1. The Kier molecular flexibility index (Phi) is 3.54. The van der Waals surface area contributed by atoms with Crippen molar-refractivity contribution >= 4 is 34.9 Å². The van der Waals surface area contributed by atoms with Crippen LogP contribution in [-0.4, -0.2) is 16.2 Å². The fourth-order valence-corrected chi connectivity index (χ4v) is 2.14. The van der Waals surface area contributed by atoms with E-state index in [1.165, 1.54) is 0 Å². The van der Waals surface area contributed by atoms with E-state index in [1.54, 1.807) is 0 Å². The minimum absolute atomic E-state index is 0.496. The van der Waals surface area contributed by atoms with Gasteiger partial charge >= 0.3 is 0 Å². The quantitative estimate of drug-likeness (QED) is 0.854. The number of halogens is 1. The minimum Gasteiger partial charge on any atom is -0.492 e. The van der Waals surface area contributed by atoms with Crippen LogP contribution in [-0.2, 0) is 6.54 Å². The molecule has 0 spiro atoms. The van der Waals surface area contributed by atoms with Crippen molar-refractivity contribution in [2.45, 2.75) is 13.5 Å². The smallest absolute Gasteiger partial charge is 0.178 e. The van der Waals surface area contributed by atoms with Crippen molar-refractivity contribution in [2.24, 2.45) is 0 Å². The lowest BCUT2D eigenvalue weighted by Crippen LogP contribution is -1.97. The Hall–Kier alpha value is -1.26. The first-order valence-corrected chi connectivity index (χ1v) is 6.09. The Balaban J connectivity index is 2.63. The highest BCUT2D eigenvalue weighted by Crippen LogP contribution is 2.25. The Morgan fingerprint density at radius 1 is 1.59 bits per heavy atom. The van der Waals surface area contributed by atoms with Crippen molar-refractivity contribution in [3.63, 3.8) is 0 Å². The van der Waals surface area contributed by atoms with Crippen LogP contribution < -0.4 is 4.74 Å². The van der Waals surface area contributed by atoms with Gasteiger partial charge in [0.05, 0.1) is 18.7 Å². The van der Waals surface area contributed by atoms with Crippen LogP contribution in [0, 0.1) is 4.77 Å². The molecule has 2 rings (SSSR count). The van der Waals surface area contributed by atoms with Gasteiger partial charge in [0.2, 0.25) is 0 Å². The van der Waals surface area contributed by atoms with Crippen molar-refractivity contribution in [3.8, 4) is 5.75 Å². The number of fused-ring (bicyclic) bond motifs is 1. The van der Waals surface area contributed by atoms with Crippen LogP contribution in [0.25, 0.3) is 11.0 Å². The highest BCUT2D eigenvalue weighted by molar-refractivity contribution is 7.71. The predicted octanol–water partition coefficient (Wildman–Crippen LogP) is 3.85. The highest BCUT2D eigenvalue weighted by Gasteiger charge is 2.09. The molecule has 2 aromatic rings. The summed E-state index contributed by atoms with van der Waals surface area (Å²) in [4.78, 5) is 3.14. The normalized spacial score (nSPS) is 10.7. The largest absolute Gasteiger partial charge is 0.492 e. The van der Waals surface area contributed by atoms with Gasteiger partial charge in [-0.15, -0.1) is 0 Å². The number of benzene rings is 1. The average molecular weight is 269 g/mol. The third-order valence-corrected chi connectivity index (χ3v) is 2.84. The molecule has 90 valence electrons. The van der Waals surface area contributed by atoms with Gasteiger partial charge in [-0.2, -0.15) is 0 Å². The minimum atomic E-state index is 0.496. The molecule has 3 nitrogen and oxygen atoms in total. The third kappa shape index (κ3) is 2.37. The first kappa shape index (κ1) is 12.2. The van der Waals surface area contributed by atoms with Crippen molar-refractivity contribution in [3.05, 3.63) is 34.6 Å². The number of allylic oxidation sites excluding steroid dienone is 1. The van der Waals surface area contributed by atoms with Gasteiger partial charge in [-0.3, -0.25) is 0 Å². The standard InChI is InChI=1S/C12H13ClN2OS/c1-3-16-10-6-4-5-9-11(10)14-12(17)15(9)7-8(2)13/h4-6H,2-3,7H2,1H3,(H,14,17). The zero-order valence-electron chi connectivity index (χ0n) is 9.50. The number of hydrogen-bond acceptors (Lipinski definition) is 2. The Labute approximate surface area is 110 Å². The lowest BCUT2D eigenvalue weighted by atomic mass is 10.3. The van der Waals surface area contributed by atoms with E-state index in [1.807, 2.05) is 29.7 Å². The van der Waals surface area contributed by atoms with Crippen molar-refractivity contribution < 1.29 is 4.74 Å². The molecule has 1 aromatic heterocycles. The second kappa shape index (κ2) is 4.94. The number of aromatic nitrogens is 2. The number of aromatic amines is 1. The second-order valence-electron chi connectivity index (χ2n) is 3.62. The Morgan fingerprint density at radius 2 is 2.35 bits per heavy atom. The molecule has 0 fully saturated rings. The molecule has 0 aliphatic heterocycles. The van der Waals surface area contributed by atoms with Gasteiger partial charge in [0.25, 0.3) is 0 Å². The summed E-state index contributed by atoms with van der Waals surface area (Å²) in [6.45, 7) is 6.75. The fraction of sp³-hybridized carbons (Fsp3) is 0.250. The number of nitrogens with one attached hydrogen (secondary N) is 1. The van der Waals surface area contributed by atoms with E-state index in [9.17, 15) is 0 Å². The van der Waals surface area contributed by atoms with E-state index in [2.05, 4.69) is 11.6 Å². The van der Waals surface area contributed by atoms with Gasteiger partial charge in [0.1, 0.15) is 11.3 Å². The molecule has 0 atom stereocenters. The predicted molar refractivity (Wildman–Crippen MR) is 73.3 cm³/mol. The number of hydrogen-bond donors (Lipinski definition) is 1. The van der Waals surface area contributed by atoms with Gasteiger partial charge < -0.3 is 14.3 Å². The van der Waals surface area contributed by atoms with Crippen LogP contribution in [0.4, 0.5) is 0 Å². The Bertz CT molecular complexity index is 614. The first-order valence-electron chi connectivity index (χ1n) is 5.31. The van der Waals surface area contributed by atoms with Crippen LogP contribution in [0.1, 0.15) is 6.92 Å². The summed E-state index contributed by atoms with van der Waals surface area (Å²) in [7, 11) is 0. The van der Waals surface area contributed by atoms with Gasteiger partial charge in [-0.1, -0.05) is 24.2 Å². The lowest BCUT2D eigenvalue weighted by Gasteiger charge is -2.05. The summed E-state index contributed by atoms with van der Waals surface area (Å²) in [6, 6.07) is 5.82. The van der Waals surface area contributed by atoms with E-state index in [4.69, 9.17) is 28.6 Å². The zero-order valence-corrected chi connectivity index (χ0v) is 11.1. The number of H-pyrrole nitrogens is 1. The molecule has 0 aliphatic carbocycles. The molecule has 17 heavy (non-hydrogen) atoms. The average Bonchev–Trinajstić information content (AvgIpc) is 2.57. The monoisotopic (exact) mass is 268 g/mol. The lowest BCUT2D eigenvalue weighted by molar-refractivity contribution is 0.343. The van der Waals surface area contributed by atoms with E-state index < -0.39 is 0 Å². The van der Waals surface area contributed by atoms with E-state index in [0.717, 1.165) is 16.8 Å². The van der Waals surface area contributed by atoms with Gasteiger partial charge in [-0.25, -0.2) is 0 Å². The zero-order chi connectivity index (χ0) is 12.4. The summed E-state index contributed by atoms with van der Waals surface area (Å²) in [5, 5.41) is 0.545. The van der Waals surface area contributed by atoms with Crippen LogP contribution >= 0.6 is 23.8 Å². The summed E-state index contributed by atoms with van der Waals surface area (Å²) in [6.07, 6.45) is 0. The molecule has 0 saturated heterocycles. The van der Waals surface area contributed by atoms with E-state index in [-0.39, 0.29) is 0 Å². The van der Waals surface area contributed by atoms with Gasteiger partial charge in [-0.05, 0) is 31.3 Å². The summed E-state index contributed by atoms with van der Waals surface area (Å²) < 4.78 is 8.07. The molecule has 0 saturated carbocycles. The third-order valence-electron chi connectivity index (χ3n) is 2.40. The van der Waals surface area contributed by atoms with Crippen LogP contribution in [0.15, 0.2) is 29.8 Å². The molecule has 0 bridgehead atoms. The maximum Gasteiger partial charge on any atom is 0.178 e. The van der Waals surface area contributed by atoms with Gasteiger partial charge in [0.15, 0.2) is 4.77 Å². The van der Waals surface area contributed by atoms with Crippen LogP contribution in [0.5, 0.6) is 5.75 Å². The molecular formula is C12H13ClN2OS. The van der Waals surface area contributed by atoms with Crippen LogP contribution in [0.3, 0.4) is 0 Å². The molecular weight excluding hydrogens is 256 g/mol. The molecule has 5 heteroatoms. The fourth-order valence-electron chi connectivity index (χ4n) is 1.76.